The average molecular weight is 315 g/mol. The summed E-state index contributed by atoms with van der Waals surface area (Å²) >= 11 is 1.66. The molecule has 2 aromatic heterocycles. The Bertz CT molecular complexity index is 679. The highest BCUT2D eigenvalue weighted by atomic mass is 32.1. The number of anilines is 1. The fourth-order valence-electron chi connectivity index (χ4n) is 3.30. The van der Waals surface area contributed by atoms with Crippen LogP contribution in [0.1, 0.15) is 43.5 Å². The summed E-state index contributed by atoms with van der Waals surface area (Å²) in [7, 11) is 1.92. The van der Waals surface area contributed by atoms with Crippen LogP contribution < -0.4 is 5.32 Å². The van der Waals surface area contributed by atoms with E-state index >= 15 is 0 Å². The van der Waals surface area contributed by atoms with Gasteiger partial charge in [0.2, 0.25) is 0 Å². The number of allylic oxidation sites excluding steroid dienone is 2. The minimum Gasteiger partial charge on any atom is -0.365 e. The third-order valence-corrected chi connectivity index (χ3v) is 5.47. The molecule has 1 aliphatic rings. The Morgan fingerprint density at radius 2 is 2.18 bits per heavy atom. The van der Waals surface area contributed by atoms with Gasteiger partial charge in [-0.05, 0) is 52.0 Å². The third kappa shape index (κ3) is 3.12. The van der Waals surface area contributed by atoms with E-state index in [1.165, 1.54) is 49.1 Å². The summed E-state index contributed by atoms with van der Waals surface area (Å²) in [6, 6.07) is 2.28. The van der Waals surface area contributed by atoms with E-state index in [4.69, 9.17) is 0 Å². The second-order valence-electron chi connectivity index (χ2n) is 6.08. The molecule has 2 heterocycles. The molecule has 0 saturated carbocycles. The first-order chi connectivity index (χ1) is 10.7. The molecule has 3 nitrogen and oxygen atoms in total. The van der Waals surface area contributed by atoms with Gasteiger partial charge in [0.05, 0.1) is 5.69 Å². The van der Waals surface area contributed by atoms with E-state index in [0.717, 1.165) is 17.4 Å². The van der Waals surface area contributed by atoms with Gasteiger partial charge in [0.1, 0.15) is 0 Å². The normalized spacial score (nSPS) is 15.0. The predicted octanol–water partition coefficient (Wildman–Crippen LogP) is 5.16. The zero-order valence-corrected chi connectivity index (χ0v) is 14.6. The summed E-state index contributed by atoms with van der Waals surface area (Å²) in [6.07, 6.45) is 8.95. The zero-order chi connectivity index (χ0) is 15.5. The maximum absolute atomic E-state index is 4.65. The number of rotatable bonds is 5. The van der Waals surface area contributed by atoms with Crippen molar-refractivity contribution < 1.29 is 0 Å². The molecule has 118 valence electrons. The maximum Gasteiger partial charge on any atom is 0.182 e. The molecule has 1 N–H and O–H groups in total. The fourth-order valence-corrected chi connectivity index (χ4v) is 3.98. The maximum atomic E-state index is 4.65. The second-order valence-corrected chi connectivity index (χ2v) is 6.94. The van der Waals surface area contributed by atoms with Crippen LogP contribution in [0.3, 0.4) is 0 Å². The third-order valence-electron chi connectivity index (χ3n) is 4.61. The number of aryl methyl sites for hydroxylation is 1. The highest BCUT2D eigenvalue weighted by molar-refractivity contribution is 7.14. The van der Waals surface area contributed by atoms with Gasteiger partial charge >= 0.3 is 0 Å². The van der Waals surface area contributed by atoms with Crippen LogP contribution in [-0.2, 0) is 6.54 Å². The Balaban J connectivity index is 1.79. The molecular weight excluding hydrogens is 290 g/mol. The van der Waals surface area contributed by atoms with Crippen LogP contribution in [0.25, 0.3) is 11.3 Å². The molecule has 0 amide bonds. The topological polar surface area (TPSA) is 29.9 Å². The van der Waals surface area contributed by atoms with Crippen LogP contribution in [0.15, 0.2) is 23.1 Å². The van der Waals surface area contributed by atoms with E-state index in [0.29, 0.717) is 0 Å². The summed E-state index contributed by atoms with van der Waals surface area (Å²) in [6.45, 7) is 5.51. The Morgan fingerprint density at radius 1 is 1.32 bits per heavy atom. The lowest BCUT2D eigenvalue weighted by molar-refractivity contribution is 0.612. The summed E-state index contributed by atoms with van der Waals surface area (Å²) < 4.78 is 2.45. The van der Waals surface area contributed by atoms with Crippen LogP contribution in [-0.4, -0.2) is 16.6 Å². The first kappa shape index (κ1) is 15.3. The smallest absolute Gasteiger partial charge is 0.182 e. The molecule has 0 saturated heterocycles. The van der Waals surface area contributed by atoms with Crippen molar-refractivity contribution in [2.75, 3.05) is 12.4 Å². The molecule has 2 aromatic rings. The van der Waals surface area contributed by atoms with Gasteiger partial charge in [-0.15, -0.1) is 11.3 Å². The van der Waals surface area contributed by atoms with Crippen molar-refractivity contribution in [2.45, 2.75) is 52.5 Å². The van der Waals surface area contributed by atoms with Crippen molar-refractivity contribution in [3.63, 3.8) is 0 Å². The number of aromatic nitrogens is 2. The first-order valence-corrected chi connectivity index (χ1v) is 9.05. The van der Waals surface area contributed by atoms with Crippen molar-refractivity contribution in [1.29, 1.82) is 0 Å². The zero-order valence-electron chi connectivity index (χ0n) is 13.8. The van der Waals surface area contributed by atoms with Crippen LogP contribution in [0.4, 0.5) is 5.13 Å². The molecule has 22 heavy (non-hydrogen) atoms. The molecule has 0 aliphatic heterocycles. The van der Waals surface area contributed by atoms with Gasteiger partial charge in [0.25, 0.3) is 0 Å². The van der Waals surface area contributed by atoms with Crippen LogP contribution in [0.5, 0.6) is 0 Å². The molecule has 0 fully saturated rings. The molecule has 0 spiro atoms. The summed E-state index contributed by atoms with van der Waals surface area (Å²) in [5.74, 6) is 0. The van der Waals surface area contributed by atoms with Crippen LogP contribution in [0.2, 0.25) is 0 Å². The second kappa shape index (κ2) is 6.69. The van der Waals surface area contributed by atoms with Crippen molar-refractivity contribution in [2.24, 2.45) is 0 Å². The summed E-state index contributed by atoms with van der Waals surface area (Å²) in [4.78, 5) is 4.65. The molecule has 0 unspecified atom stereocenters. The largest absolute Gasteiger partial charge is 0.365 e. The van der Waals surface area contributed by atoms with Gasteiger partial charge in [0, 0.05) is 35.9 Å². The lowest BCUT2D eigenvalue weighted by Gasteiger charge is -2.15. The number of hydrogen-bond donors (Lipinski definition) is 1. The highest BCUT2D eigenvalue weighted by Crippen LogP contribution is 2.30. The minimum absolute atomic E-state index is 0.979. The Kier molecular flexibility index (Phi) is 4.67. The Labute approximate surface area is 137 Å². The SMILES string of the molecule is CNc1nc(-c2cc(C)n(CCC3=CCCCC3)c2C)cs1. The van der Waals surface area contributed by atoms with Gasteiger partial charge in [0.15, 0.2) is 5.13 Å². The standard InChI is InChI=1S/C18H25N3S/c1-13-11-16(17-12-22-18(19-3)20-17)14(2)21(13)10-9-15-7-5-4-6-8-15/h7,11-12H,4-6,8-10H2,1-3H3,(H,19,20). The molecular formula is C18H25N3S. The van der Waals surface area contributed by atoms with Crippen molar-refractivity contribution >= 4 is 16.5 Å². The van der Waals surface area contributed by atoms with Crippen molar-refractivity contribution in [3.8, 4) is 11.3 Å². The fraction of sp³-hybridized carbons (Fsp3) is 0.500. The van der Waals surface area contributed by atoms with Crippen LogP contribution >= 0.6 is 11.3 Å². The number of nitrogens with zero attached hydrogens (tertiary/aromatic N) is 2. The average Bonchev–Trinajstić information content (AvgIpc) is 3.12. The molecule has 0 radical (unpaired) electrons. The van der Waals surface area contributed by atoms with E-state index in [2.05, 4.69) is 46.2 Å². The van der Waals surface area contributed by atoms with E-state index in [-0.39, 0.29) is 0 Å². The van der Waals surface area contributed by atoms with Crippen molar-refractivity contribution in [1.82, 2.24) is 9.55 Å². The number of nitrogens with one attached hydrogen (secondary N) is 1. The van der Waals surface area contributed by atoms with Gasteiger partial charge in [-0.1, -0.05) is 11.6 Å². The van der Waals surface area contributed by atoms with E-state index < -0.39 is 0 Å². The van der Waals surface area contributed by atoms with Gasteiger partial charge in [-0.25, -0.2) is 4.98 Å². The monoisotopic (exact) mass is 315 g/mol. The predicted molar refractivity (Wildman–Crippen MR) is 95.7 cm³/mol. The van der Waals surface area contributed by atoms with Crippen molar-refractivity contribution in [3.05, 3.63) is 34.5 Å². The Hall–Kier alpha value is -1.55. The summed E-state index contributed by atoms with van der Waals surface area (Å²) in [5.41, 5.74) is 6.68. The minimum atomic E-state index is 0.979. The molecule has 0 bridgehead atoms. The van der Waals surface area contributed by atoms with Gasteiger partial charge in [-0.3, -0.25) is 0 Å². The molecule has 0 aromatic carbocycles. The van der Waals surface area contributed by atoms with Crippen LogP contribution in [0, 0.1) is 13.8 Å². The number of hydrogen-bond acceptors (Lipinski definition) is 3. The quantitative estimate of drug-likeness (QED) is 0.772. The molecule has 3 rings (SSSR count). The highest BCUT2D eigenvalue weighted by Gasteiger charge is 2.14. The number of thiazole rings is 1. The lowest BCUT2D eigenvalue weighted by Crippen LogP contribution is -2.05. The molecule has 4 heteroatoms. The first-order valence-electron chi connectivity index (χ1n) is 8.17. The molecule has 1 aliphatic carbocycles. The molecule has 0 atom stereocenters. The van der Waals surface area contributed by atoms with E-state index in [1.54, 1.807) is 16.9 Å². The van der Waals surface area contributed by atoms with E-state index in [9.17, 15) is 0 Å². The Morgan fingerprint density at radius 3 is 2.86 bits per heavy atom. The summed E-state index contributed by atoms with van der Waals surface area (Å²) in [5, 5.41) is 6.24. The lowest BCUT2D eigenvalue weighted by atomic mass is 9.97. The van der Waals surface area contributed by atoms with E-state index in [1.807, 2.05) is 7.05 Å². The van der Waals surface area contributed by atoms with Gasteiger partial charge in [-0.2, -0.15) is 0 Å². The van der Waals surface area contributed by atoms with Gasteiger partial charge < -0.3 is 9.88 Å².